The molecule has 1 N–H and O–H groups in total. The van der Waals surface area contributed by atoms with Gasteiger partial charge in [0.05, 0.1) is 0 Å². The summed E-state index contributed by atoms with van der Waals surface area (Å²) in [6, 6.07) is 18.0. The summed E-state index contributed by atoms with van der Waals surface area (Å²) >= 11 is 3.56. The molecule has 0 fully saturated rings. The molecule has 2 heteroatoms. The second kappa shape index (κ2) is 8.35. The largest absolute Gasteiger partial charge is 0.310 e. The van der Waals surface area contributed by atoms with Crippen LogP contribution in [0.4, 0.5) is 0 Å². The molecule has 0 spiro atoms. The molecular formula is C19H24BrN. The molecule has 0 saturated carbocycles. The number of hydrogen-bond acceptors (Lipinski definition) is 1. The number of nitrogens with one attached hydrogen (secondary N) is 1. The molecule has 21 heavy (non-hydrogen) atoms. The second-order valence-electron chi connectivity index (χ2n) is 5.44. The first-order valence-electron chi connectivity index (χ1n) is 7.79. The minimum Gasteiger partial charge on any atom is -0.310 e. The van der Waals surface area contributed by atoms with E-state index in [1.807, 2.05) is 0 Å². The Morgan fingerprint density at radius 3 is 2.48 bits per heavy atom. The summed E-state index contributed by atoms with van der Waals surface area (Å²) in [7, 11) is 0. The molecule has 0 saturated heterocycles. The van der Waals surface area contributed by atoms with Gasteiger partial charge in [-0.15, -0.1) is 0 Å². The van der Waals surface area contributed by atoms with E-state index < -0.39 is 0 Å². The minimum atomic E-state index is 0.376. The maximum absolute atomic E-state index is 3.62. The van der Waals surface area contributed by atoms with Crippen molar-refractivity contribution in [1.82, 2.24) is 5.32 Å². The summed E-state index contributed by atoms with van der Waals surface area (Å²) in [5.74, 6) is 0. The molecule has 2 aromatic carbocycles. The van der Waals surface area contributed by atoms with Gasteiger partial charge in [0.1, 0.15) is 0 Å². The van der Waals surface area contributed by atoms with E-state index in [0.717, 1.165) is 23.9 Å². The standard InChI is InChI=1S/C19H24BrN/c1-3-7-15-8-5-10-17(12-15)19(21-4-2)14-16-9-6-11-18(20)13-16/h5-6,8-13,19,21H,3-4,7,14H2,1-2H3. The van der Waals surface area contributed by atoms with E-state index in [9.17, 15) is 0 Å². The molecule has 0 aliphatic rings. The van der Waals surface area contributed by atoms with Crippen LogP contribution in [-0.4, -0.2) is 6.54 Å². The van der Waals surface area contributed by atoms with Crippen LogP contribution in [0.2, 0.25) is 0 Å². The zero-order chi connectivity index (χ0) is 15.1. The van der Waals surface area contributed by atoms with E-state index in [0.29, 0.717) is 6.04 Å². The highest BCUT2D eigenvalue weighted by Gasteiger charge is 2.11. The van der Waals surface area contributed by atoms with Crippen molar-refractivity contribution < 1.29 is 0 Å². The van der Waals surface area contributed by atoms with Gasteiger partial charge in [-0.1, -0.05) is 72.6 Å². The van der Waals surface area contributed by atoms with Crippen LogP contribution < -0.4 is 5.32 Å². The molecule has 0 bridgehead atoms. The lowest BCUT2D eigenvalue weighted by atomic mass is 9.96. The lowest BCUT2D eigenvalue weighted by Crippen LogP contribution is -2.23. The van der Waals surface area contributed by atoms with E-state index in [-0.39, 0.29) is 0 Å². The Labute approximate surface area is 136 Å². The molecule has 1 unspecified atom stereocenters. The number of aryl methyl sites for hydroxylation is 1. The van der Waals surface area contributed by atoms with E-state index in [1.54, 1.807) is 0 Å². The van der Waals surface area contributed by atoms with E-state index >= 15 is 0 Å². The van der Waals surface area contributed by atoms with Crippen molar-refractivity contribution in [2.75, 3.05) is 6.54 Å². The fourth-order valence-electron chi connectivity index (χ4n) is 2.71. The first kappa shape index (κ1) is 16.3. The normalized spacial score (nSPS) is 12.3. The maximum atomic E-state index is 3.62. The summed E-state index contributed by atoms with van der Waals surface area (Å²) in [6.07, 6.45) is 3.37. The quantitative estimate of drug-likeness (QED) is 0.718. The summed E-state index contributed by atoms with van der Waals surface area (Å²) in [6.45, 7) is 5.39. The molecule has 1 nitrogen and oxygen atoms in total. The van der Waals surface area contributed by atoms with Crippen molar-refractivity contribution in [2.45, 2.75) is 39.2 Å². The highest BCUT2D eigenvalue weighted by atomic mass is 79.9. The van der Waals surface area contributed by atoms with Crippen LogP contribution in [0.15, 0.2) is 53.0 Å². The van der Waals surface area contributed by atoms with Crippen LogP contribution in [0, 0.1) is 0 Å². The van der Waals surface area contributed by atoms with Gasteiger partial charge in [-0.25, -0.2) is 0 Å². The van der Waals surface area contributed by atoms with Gasteiger partial charge >= 0.3 is 0 Å². The fourth-order valence-corrected chi connectivity index (χ4v) is 3.15. The first-order valence-corrected chi connectivity index (χ1v) is 8.59. The zero-order valence-electron chi connectivity index (χ0n) is 12.9. The Kier molecular flexibility index (Phi) is 6.47. The Hall–Kier alpha value is -1.12. The van der Waals surface area contributed by atoms with Crippen LogP contribution in [0.3, 0.4) is 0 Å². The summed E-state index contributed by atoms with van der Waals surface area (Å²) in [5.41, 5.74) is 4.19. The Bertz CT molecular complexity index is 565. The highest BCUT2D eigenvalue weighted by molar-refractivity contribution is 9.10. The minimum absolute atomic E-state index is 0.376. The molecule has 0 aliphatic heterocycles. The van der Waals surface area contributed by atoms with Crippen molar-refractivity contribution in [3.8, 4) is 0 Å². The number of benzene rings is 2. The predicted octanol–water partition coefficient (Wildman–Crippen LogP) is 5.29. The van der Waals surface area contributed by atoms with Gasteiger partial charge in [0.2, 0.25) is 0 Å². The topological polar surface area (TPSA) is 12.0 Å². The maximum Gasteiger partial charge on any atom is 0.0360 e. The average molecular weight is 346 g/mol. The number of rotatable bonds is 7. The lowest BCUT2D eigenvalue weighted by Gasteiger charge is -2.19. The van der Waals surface area contributed by atoms with Gasteiger partial charge in [-0.05, 0) is 48.2 Å². The van der Waals surface area contributed by atoms with E-state index in [2.05, 4.69) is 83.6 Å². The molecule has 112 valence electrons. The van der Waals surface area contributed by atoms with Crippen molar-refractivity contribution in [2.24, 2.45) is 0 Å². The highest BCUT2D eigenvalue weighted by Crippen LogP contribution is 2.22. The number of likely N-dealkylation sites (N-methyl/N-ethyl adjacent to an activating group) is 1. The van der Waals surface area contributed by atoms with Crippen LogP contribution in [0.5, 0.6) is 0 Å². The number of hydrogen-bond donors (Lipinski definition) is 1. The van der Waals surface area contributed by atoms with Crippen molar-refractivity contribution in [3.63, 3.8) is 0 Å². The van der Waals surface area contributed by atoms with Gasteiger partial charge in [0, 0.05) is 10.5 Å². The van der Waals surface area contributed by atoms with E-state index in [4.69, 9.17) is 0 Å². The fraction of sp³-hybridized carbons (Fsp3) is 0.368. The second-order valence-corrected chi connectivity index (χ2v) is 6.36. The summed E-state index contributed by atoms with van der Waals surface area (Å²) in [4.78, 5) is 0. The molecule has 0 radical (unpaired) electrons. The third kappa shape index (κ3) is 4.98. The Morgan fingerprint density at radius 2 is 1.76 bits per heavy atom. The third-order valence-electron chi connectivity index (χ3n) is 3.67. The monoisotopic (exact) mass is 345 g/mol. The molecule has 0 heterocycles. The Balaban J connectivity index is 2.19. The van der Waals surface area contributed by atoms with Gasteiger partial charge in [0.15, 0.2) is 0 Å². The Morgan fingerprint density at radius 1 is 1.00 bits per heavy atom. The van der Waals surface area contributed by atoms with Crippen LogP contribution in [0.1, 0.15) is 43.0 Å². The third-order valence-corrected chi connectivity index (χ3v) is 4.16. The molecular weight excluding hydrogens is 322 g/mol. The molecule has 0 aliphatic carbocycles. The molecule has 0 aromatic heterocycles. The van der Waals surface area contributed by atoms with Gasteiger partial charge in [0.25, 0.3) is 0 Å². The molecule has 0 amide bonds. The van der Waals surface area contributed by atoms with Gasteiger partial charge < -0.3 is 5.32 Å². The summed E-state index contributed by atoms with van der Waals surface area (Å²) in [5, 5.41) is 3.62. The predicted molar refractivity (Wildman–Crippen MR) is 94.7 cm³/mol. The lowest BCUT2D eigenvalue weighted by molar-refractivity contribution is 0.549. The first-order chi connectivity index (χ1) is 10.2. The van der Waals surface area contributed by atoms with Crippen LogP contribution >= 0.6 is 15.9 Å². The summed E-state index contributed by atoms with van der Waals surface area (Å²) < 4.78 is 1.15. The van der Waals surface area contributed by atoms with Crippen LogP contribution in [-0.2, 0) is 12.8 Å². The van der Waals surface area contributed by atoms with E-state index in [1.165, 1.54) is 23.1 Å². The van der Waals surface area contributed by atoms with Crippen molar-refractivity contribution >= 4 is 15.9 Å². The van der Waals surface area contributed by atoms with Gasteiger partial charge in [-0.2, -0.15) is 0 Å². The molecule has 1 atom stereocenters. The smallest absolute Gasteiger partial charge is 0.0360 e. The SMILES string of the molecule is CCCc1cccc(C(Cc2cccc(Br)c2)NCC)c1. The molecule has 2 aromatic rings. The average Bonchev–Trinajstić information content (AvgIpc) is 2.47. The van der Waals surface area contributed by atoms with Crippen molar-refractivity contribution in [3.05, 3.63) is 69.7 Å². The molecule has 2 rings (SSSR count). The zero-order valence-corrected chi connectivity index (χ0v) is 14.5. The number of halogens is 1. The van der Waals surface area contributed by atoms with Crippen molar-refractivity contribution in [1.29, 1.82) is 0 Å². The van der Waals surface area contributed by atoms with Gasteiger partial charge in [-0.3, -0.25) is 0 Å². The van der Waals surface area contributed by atoms with Crippen LogP contribution in [0.25, 0.3) is 0 Å².